The Morgan fingerprint density at radius 2 is 1.61 bits per heavy atom. The van der Waals surface area contributed by atoms with Crippen molar-refractivity contribution >= 4 is 0 Å². The zero-order chi connectivity index (χ0) is 24.4. The van der Waals surface area contributed by atoms with Gasteiger partial charge in [-0.05, 0) is 38.5 Å². The minimum Gasteiger partial charge on any atom is -0.350 e. The quantitative estimate of drug-likeness (QED) is 0.419. The largest absolute Gasteiger partial charge is 0.350 e. The molecule has 2 spiro atoms. The summed E-state index contributed by atoms with van der Waals surface area (Å²) in [4.78, 5) is 0. The van der Waals surface area contributed by atoms with Gasteiger partial charge in [0.05, 0.1) is 26.4 Å². The fourth-order valence-corrected chi connectivity index (χ4v) is 6.09. The lowest BCUT2D eigenvalue weighted by Crippen LogP contribution is -2.76. The third kappa shape index (κ3) is 4.56. The number of hydrogen-bond acceptors (Lipinski definition) is 8. The third-order valence-electron chi connectivity index (χ3n) is 7.89. The first kappa shape index (κ1) is 24.9. The van der Waals surface area contributed by atoms with Gasteiger partial charge < -0.3 is 37.9 Å². The van der Waals surface area contributed by atoms with E-state index in [-0.39, 0.29) is 6.10 Å². The summed E-state index contributed by atoms with van der Waals surface area (Å²) in [6.45, 7) is 5.95. The summed E-state index contributed by atoms with van der Waals surface area (Å²) < 4.78 is 52.0. The van der Waals surface area contributed by atoms with E-state index in [0.29, 0.717) is 32.8 Å². The fourth-order valence-electron chi connectivity index (χ4n) is 6.09. The Balaban J connectivity index is 1.30. The highest BCUT2D eigenvalue weighted by atomic mass is 16.8. The average Bonchev–Trinajstić information content (AvgIpc) is 2.93. The lowest BCUT2D eigenvalue weighted by atomic mass is 9.86. The smallest absolute Gasteiger partial charge is 0.224 e. The molecule has 8 heteroatoms. The van der Waals surface area contributed by atoms with Crippen LogP contribution >= 0.6 is 0 Å². The van der Waals surface area contributed by atoms with Crippen LogP contribution in [0.4, 0.5) is 0 Å². The molecule has 5 fully saturated rings. The summed E-state index contributed by atoms with van der Waals surface area (Å²) in [5, 5.41) is 0. The second-order valence-electron chi connectivity index (χ2n) is 10.3. The molecule has 0 saturated carbocycles. The molecule has 5 saturated heterocycles. The van der Waals surface area contributed by atoms with E-state index in [1.54, 1.807) is 0 Å². The SMILES string of the molecule is C=CCCCO[C@@H]1O[C@@H]2CO[C@@H](c3ccccc3)O[C@H]2[C@@H]2OC3(CCCCO3)C3(CCCCO3)O[C@@H]12. The molecule has 0 radical (unpaired) electrons. The second kappa shape index (κ2) is 10.8. The van der Waals surface area contributed by atoms with Gasteiger partial charge in [0.15, 0.2) is 12.6 Å². The molecule has 0 amide bonds. The highest BCUT2D eigenvalue weighted by Gasteiger charge is 2.68. The summed E-state index contributed by atoms with van der Waals surface area (Å²) in [6, 6.07) is 9.96. The zero-order valence-corrected chi connectivity index (χ0v) is 20.9. The van der Waals surface area contributed by atoms with Crippen molar-refractivity contribution < 1.29 is 37.9 Å². The minimum absolute atomic E-state index is 0.346. The number of fused-ring (bicyclic) bond motifs is 4. The van der Waals surface area contributed by atoms with E-state index in [0.717, 1.165) is 50.5 Å². The van der Waals surface area contributed by atoms with Crippen LogP contribution in [0.5, 0.6) is 0 Å². The van der Waals surface area contributed by atoms with Crippen molar-refractivity contribution in [2.45, 2.75) is 99.9 Å². The van der Waals surface area contributed by atoms with Crippen molar-refractivity contribution in [2.24, 2.45) is 0 Å². The van der Waals surface area contributed by atoms with Crippen molar-refractivity contribution in [3.8, 4) is 0 Å². The van der Waals surface area contributed by atoms with E-state index >= 15 is 0 Å². The molecule has 6 rings (SSSR count). The Hall–Kier alpha value is -1.36. The highest BCUT2D eigenvalue weighted by molar-refractivity contribution is 5.17. The molecule has 0 N–H and O–H groups in total. The molecule has 36 heavy (non-hydrogen) atoms. The first-order valence-electron chi connectivity index (χ1n) is 13.6. The van der Waals surface area contributed by atoms with E-state index in [1.807, 2.05) is 36.4 Å². The predicted octanol–water partition coefficient (Wildman–Crippen LogP) is 4.39. The lowest BCUT2D eigenvalue weighted by Gasteiger charge is -2.61. The van der Waals surface area contributed by atoms with Crippen LogP contribution < -0.4 is 0 Å². The fraction of sp³-hybridized carbons (Fsp3) is 0.714. The monoisotopic (exact) mass is 502 g/mol. The maximum Gasteiger partial charge on any atom is 0.224 e. The van der Waals surface area contributed by atoms with E-state index in [4.69, 9.17) is 37.9 Å². The van der Waals surface area contributed by atoms with Crippen LogP contribution in [0.1, 0.15) is 63.2 Å². The number of hydrogen-bond donors (Lipinski definition) is 0. The van der Waals surface area contributed by atoms with Crippen molar-refractivity contribution in [1.82, 2.24) is 0 Å². The average molecular weight is 503 g/mol. The van der Waals surface area contributed by atoms with Crippen LogP contribution in [0.15, 0.2) is 43.0 Å². The van der Waals surface area contributed by atoms with Gasteiger partial charge in [-0.2, -0.15) is 0 Å². The van der Waals surface area contributed by atoms with Crippen molar-refractivity contribution in [3.63, 3.8) is 0 Å². The first-order valence-corrected chi connectivity index (χ1v) is 13.6. The Morgan fingerprint density at radius 1 is 0.889 bits per heavy atom. The van der Waals surface area contributed by atoms with Crippen LogP contribution in [0, 0.1) is 0 Å². The van der Waals surface area contributed by atoms with E-state index in [1.165, 1.54) is 0 Å². The van der Waals surface area contributed by atoms with Gasteiger partial charge in [-0.25, -0.2) is 0 Å². The highest BCUT2D eigenvalue weighted by Crippen LogP contribution is 2.52. The molecule has 8 nitrogen and oxygen atoms in total. The number of allylic oxidation sites excluding steroid dienone is 1. The Bertz CT molecular complexity index is 866. The summed E-state index contributed by atoms with van der Waals surface area (Å²) in [7, 11) is 0. The molecule has 1 aromatic rings. The van der Waals surface area contributed by atoms with Crippen LogP contribution in [-0.2, 0) is 37.9 Å². The number of ether oxygens (including phenoxy) is 8. The van der Waals surface area contributed by atoms with Gasteiger partial charge in [0.2, 0.25) is 11.6 Å². The molecule has 0 aromatic heterocycles. The van der Waals surface area contributed by atoms with Crippen molar-refractivity contribution in [1.29, 1.82) is 0 Å². The van der Waals surface area contributed by atoms with E-state index < -0.39 is 42.5 Å². The first-order chi connectivity index (χ1) is 17.7. The second-order valence-corrected chi connectivity index (χ2v) is 10.3. The van der Waals surface area contributed by atoms with Gasteiger partial charge in [0, 0.05) is 18.4 Å². The molecule has 5 aliphatic heterocycles. The molecule has 2 unspecified atom stereocenters. The molecule has 198 valence electrons. The molecular weight excluding hydrogens is 464 g/mol. The maximum absolute atomic E-state index is 6.99. The van der Waals surface area contributed by atoms with E-state index in [2.05, 4.69) is 6.58 Å². The summed E-state index contributed by atoms with van der Waals surface area (Å²) in [5.41, 5.74) is 0.961. The summed E-state index contributed by atoms with van der Waals surface area (Å²) >= 11 is 0. The van der Waals surface area contributed by atoms with Crippen LogP contribution in [0.2, 0.25) is 0 Å². The molecule has 0 aliphatic carbocycles. The normalized spacial score (nSPS) is 42.6. The maximum atomic E-state index is 6.99. The minimum atomic E-state index is -0.976. The van der Waals surface area contributed by atoms with Gasteiger partial charge in [-0.3, -0.25) is 0 Å². The standard InChI is InChI=1S/C28H38O8/c1-2-3-9-16-29-26-24-23(22-21(33-26)19-30-25(34-22)20-12-5-4-6-13-20)35-27(14-7-10-17-31-27)28(36-24)15-8-11-18-32-28/h2,4-6,12-13,21-26H,1,3,7-11,14-19H2/t21-,22-,23+,24-,25-,26-,27?,28?/m1/s1. The Morgan fingerprint density at radius 3 is 2.28 bits per heavy atom. The topological polar surface area (TPSA) is 73.8 Å². The molecule has 5 aliphatic rings. The molecule has 8 atom stereocenters. The van der Waals surface area contributed by atoms with Crippen LogP contribution in [-0.4, -0.2) is 68.7 Å². The lowest BCUT2D eigenvalue weighted by molar-refractivity contribution is -0.516. The van der Waals surface area contributed by atoms with Gasteiger partial charge >= 0.3 is 0 Å². The van der Waals surface area contributed by atoms with Crippen LogP contribution in [0.25, 0.3) is 0 Å². The van der Waals surface area contributed by atoms with Crippen LogP contribution in [0.3, 0.4) is 0 Å². The Labute approximate surface area is 213 Å². The predicted molar refractivity (Wildman–Crippen MR) is 129 cm³/mol. The van der Waals surface area contributed by atoms with Gasteiger partial charge in [0.25, 0.3) is 0 Å². The molecular formula is C28H38O8. The number of unbranched alkanes of at least 4 members (excludes halogenated alkanes) is 1. The Kier molecular flexibility index (Phi) is 7.48. The molecule has 1 aromatic carbocycles. The number of benzene rings is 1. The molecule has 0 bridgehead atoms. The third-order valence-corrected chi connectivity index (χ3v) is 7.89. The van der Waals surface area contributed by atoms with Gasteiger partial charge in [0.1, 0.15) is 24.4 Å². The molecule has 5 heterocycles. The number of rotatable bonds is 6. The van der Waals surface area contributed by atoms with Crippen molar-refractivity contribution in [2.75, 3.05) is 26.4 Å². The van der Waals surface area contributed by atoms with E-state index in [9.17, 15) is 0 Å². The van der Waals surface area contributed by atoms with Gasteiger partial charge in [-0.1, -0.05) is 36.4 Å². The van der Waals surface area contributed by atoms with Gasteiger partial charge in [-0.15, -0.1) is 6.58 Å². The zero-order valence-electron chi connectivity index (χ0n) is 20.9. The summed E-state index contributed by atoms with van der Waals surface area (Å²) in [6.07, 6.45) is 6.21. The summed E-state index contributed by atoms with van der Waals surface area (Å²) in [5.74, 6) is -1.94. The van der Waals surface area contributed by atoms with Crippen molar-refractivity contribution in [3.05, 3.63) is 48.6 Å².